The first-order chi connectivity index (χ1) is 6.50. The van der Waals surface area contributed by atoms with Gasteiger partial charge in [0.1, 0.15) is 4.88 Å². The van der Waals surface area contributed by atoms with Crippen LogP contribution in [0.4, 0.5) is 0 Å². The predicted molar refractivity (Wildman–Crippen MR) is 57.7 cm³/mol. The van der Waals surface area contributed by atoms with Crippen molar-refractivity contribution in [2.24, 2.45) is 11.7 Å². The lowest BCUT2D eigenvalue weighted by atomic mass is 10.0. The van der Waals surface area contributed by atoms with Crippen LogP contribution >= 0.6 is 11.3 Å². The van der Waals surface area contributed by atoms with Crippen molar-refractivity contribution in [3.05, 3.63) is 21.9 Å². The van der Waals surface area contributed by atoms with E-state index in [-0.39, 0.29) is 6.04 Å². The van der Waals surface area contributed by atoms with Gasteiger partial charge in [0.25, 0.3) is 0 Å². The fraction of sp³-hybridized carbons (Fsp3) is 0.500. The van der Waals surface area contributed by atoms with Gasteiger partial charge in [-0.2, -0.15) is 0 Å². The summed E-state index contributed by atoms with van der Waals surface area (Å²) in [4.78, 5) is 11.9. The quantitative estimate of drug-likeness (QED) is 0.807. The average molecular weight is 213 g/mol. The second kappa shape index (κ2) is 4.57. The third-order valence-electron chi connectivity index (χ3n) is 1.93. The minimum absolute atomic E-state index is 0.0342. The zero-order valence-electron chi connectivity index (χ0n) is 8.36. The van der Waals surface area contributed by atoms with Gasteiger partial charge in [-0.1, -0.05) is 13.8 Å². The standard InChI is InChI=1S/C10H15NO2S/c1-6(2)5-7(11)8-3-4-9(14-8)10(12)13/h3-4,6-7H,5,11H2,1-2H3,(H,12,13)/t7-/m1/s1. The molecule has 0 aliphatic carbocycles. The highest BCUT2D eigenvalue weighted by Crippen LogP contribution is 2.25. The number of hydrogen-bond acceptors (Lipinski definition) is 3. The average Bonchev–Trinajstić information content (AvgIpc) is 2.50. The molecule has 14 heavy (non-hydrogen) atoms. The summed E-state index contributed by atoms with van der Waals surface area (Å²) in [6.45, 7) is 4.21. The summed E-state index contributed by atoms with van der Waals surface area (Å²) < 4.78 is 0. The first-order valence-corrected chi connectivity index (χ1v) is 5.41. The lowest BCUT2D eigenvalue weighted by molar-refractivity contribution is 0.0702. The van der Waals surface area contributed by atoms with Crippen molar-refractivity contribution in [3.8, 4) is 0 Å². The van der Waals surface area contributed by atoms with Crippen LogP contribution in [0.25, 0.3) is 0 Å². The molecular formula is C10H15NO2S. The summed E-state index contributed by atoms with van der Waals surface area (Å²) in [5.74, 6) is -0.349. The molecule has 1 atom stereocenters. The molecule has 0 fully saturated rings. The molecule has 0 aliphatic rings. The van der Waals surface area contributed by atoms with Crippen molar-refractivity contribution in [3.63, 3.8) is 0 Å². The third-order valence-corrected chi connectivity index (χ3v) is 3.13. The number of hydrogen-bond donors (Lipinski definition) is 2. The molecule has 1 heterocycles. The van der Waals surface area contributed by atoms with Gasteiger partial charge in [0.2, 0.25) is 0 Å². The highest BCUT2D eigenvalue weighted by Gasteiger charge is 2.13. The summed E-state index contributed by atoms with van der Waals surface area (Å²) in [5, 5.41) is 8.73. The number of carboxylic acids is 1. The first kappa shape index (κ1) is 11.2. The largest absolute Gasteiger partial charge is 0.477 e. The van der Waals surface area contributed by atoms with Crippen LogP contribution in [0, 0.1) is 5.92 Å². The van der Waals surface area contributed by atoms with Crippen molar-refractivity contribution in [1.82, 2.24) is 0 Å². The Morgan fingerprint density at radius 2 is 2.21 bits per heavy atom. The Morgan fingerprint density at radius 3 is 2.64 bits per heavy atom. The highest BCUT2D eigenvalue weighted by atomic mass is 32.1. The SMILES string of the molecule is CC(C)C[C@@H](N)c1ccc(C(=O)O)s1. The van der Waals surface area contributed by atoms with Gasteiger partial charge in [-0.15, -0.1) is 11.3 Å². The molecule has 0 saturated carbocycles. The summed E-state index contributed by atoms with van der Waals surface area (Å²) >= 11 is 1.27. The second-order valence-electron chi connectivity index (χ2n) is 3.74. The Bertz CT molecular complexity index is 320. The smallest absolute Gasteiger partial charge is 0.345 e. The molecule has 3 N–H and O–H groups in total. The summed E-state index contributed by atoms with van der Waals surface area (Å²) in [5.41, 5.74) is 5.93. The molecule has 78 valence electrons. The Hall–Kier alpha value is -0.870. The lowest BCUT2D eigenvalue weighted by Gasteiger charge is -2.11. The van der Waals surface area contributed by atoms with Gasteiger partial charge in [0, 0.05) is 10.9 Å². The topological polar surface area (TPSA) is 63.3 Å². The summed E-state index contributed by atoms with van der Waals surface area (Å²) in [7, 11) is 0. The van der Waals surface area contributed by atoms with Crippen molar-refractivity contribution >= 4 is 17.3 Å². The zero-order valence-corrected chi connectivity index (χ0v) is 9.17. The Labute approximate surface area is 87.6 Å². The van der Waals surface area contributed by atoms with Crippen LogP contribution in [0.3, 0.4) is 0 Å². The molecule has 0 bridgehead atoms. The van der Waals surface area contributed by atoms with Gasteiger partial charge in [0.15, 0.2) is 0 Å². The Balaban J connectivity index is 2.71. The molecule has 1 aromatic rings. The van der Waals surface area contributed by atoms with E-state index in [0.29, 0.717) is 10.8 Å². The molecule has 1 aromatic heterocycles. The van der Waals surface area contributed by atoms with Gasteiger partial charge < -0.3 is 10.8 Å². The maximum Gasteiger partial charge on any atom is 0.345 e. The van der Waals surface area contributed by atoms with E-state index < -0.39 is 5.97 Å². The van der Waals surface area contributed by atoms with Crippen LogP contribution in [-0.4, -0.2) is 11.1 Å². The van der Waals surface area contributed by atoms with Crippen LogP contribution in [-0.2, 0) is 0 Å². The minimum Gasteiger partial charge on any atom is -0.477 e. The molecule has 4 heteroatoms. The van der Waals surface area contributed by atoms with E-state index >= 15 is 0 Å². The molecule has 0 amide bonds. The maximum atomic E-state index is 10.6. The Morgan fingerprint density at radius 1 is 1.57 bits per heavy atom. The number of carboxylic acid groups (broad SMARTS) is 1. The number of rotatable bonds is 4. The minimum atomic E-state index is -0.877. The first-order valence-electron chi connectivity index (χ1n) is 4.59. The van der Waals surface area contributed by atoms with E-state index in [1.807, 2.05) is 0 Å². The number of carbonyl (C=O) groups is 1. The molecule has 0 unspecified atom stereocenters. The molecular weight excluding hydrogens is 198 g/mol. The van der Waals surface area contributed by atoms with Crippen molar-refractivity contribution in [2.75, 3.05) is 0 Å². The van der Waals surface area contributed by atoms with E-state index in [9.17, 15) is 4.79 Å². The van der Waals surface area contributed by atoms with E-state index in [4.69, 9.17) is 10.8 Å². The van der Waals surface area contributed by atoms with Gasteiger partial charge in [-0.3, -0.25) is 0 Å². The van der Waals surface area contributed by atoms with Crippen LogP contribution < -0.4 is 5.73 Å². The molecule has 0 spiro atoms. The van der Waals surface area contributed by atoms with Crippen molar-refractivity contribution < 1.29 is 9.90 Å². The molecule has 1 rings (SSSR count). The second-order valence-corrected chi connectivity index (χ2v) is 4.86. The monoisotopic (exact) mass is 213 g/mol. The van der Waals surface area contributed by atoms with E-state index in [2.05, 4.69) is 13.8 Å². The van der Waals surface area contributed by atoms with Crippen LogP contribution in [0.2, 0.25) is 0 Å². The number of aromatic carboxylic acids is 1. The third kappa shape index (κ3) is 2.82. The predicted octanol–water partition coefficient (Wildman–Crippen LogP) is 2.49. The van der Waals surface area contributed by atoms with Crippen molar-refractivity contribution in [2.45, 2.75) is 26.3 Å². The Kier molecular flexibility index (Phi) is 3.66. The van der Waals surface area contributed by atoms with Crippen molar-refractivity contribution in [1.29, 1.82) is 0 Å². The van der Waals surface area contributed by atoms with Crippen LogP contribution in [0.1, 0.15) is 40.9 Å². The fourth-order valence-corrected chi connectivity index (χ4v) is 2.15. The normalized spacial score (nSPS) is 13.1. The lowest BCUT2D eigenvalue weighted by Crippen LogP contribution is -2.11. The molecule has 0 aromatic carbocycles. The van der Waals surface area contributed by atoms with Gasteiger partial charge in [-0.25, -0.2) is 4.79 Å². The van der Waals surface area contributed by atoms with E-state index in [1.54, 1.807) is 12.1 Å². The molecule has 0 saturated heterocycles. The van der Waals surface area contributed by atoms with E-state index in [1.165, 1.54) is 11.3 Å². The summed E-state index contributed by atoms with van der Waals surface area (Å²) in [6, 6.07) is 3.39. The highest BCUT2D eigenvalue weighted by molar-refractivity contribution is 7.14. The van der Waals surface area contributed by atoms with Crippen LogP contribution in [0.15, 0.2) is 12.1 Å². The maximum absolute atomic E-state index is 10.6. The van der Waals surface area contributed by atoms with Crippen LogP contribution in [0.5, 0.6) is 0 Å². The molecule has 3 nitrogen and oxygen atoms in total. The molecule has 0 aliphatic heterocycles. The number of nitrogens with two attached hydrogens (primary N) is 1. The molecule has 0 radical (unpaired) electrons. The van der Waals surface area contributed by atoms with Gasteiger partial charge in [-0.05, 0) is 24.5 Å². The number of thiophene rings is 1. The zero-order chi connectivity index (χ0) is 10.7. The summed E-state index contributed by atoms with van der Waals surface area (Å²) in [6.07, 6.45) is 0.888. The van der Waals surface area contributed by atoms with Gasteiger partial charge >= 0.3 is 5.97 Å². The van der Waals surface area contributed by atoms with Gasteiger partial charge in [0.05, 0.1) is 0 Å². The van der Waals surface area contributed by atoms with E-state index in [0.717, 1.165) is 11.3 Å². The fourth-order valence-electron chi connectivity index (χ4n) is 1.29.